The number of hydrogen-bond acceptors (Lipinski definition) is 2. The number of hydrogen-bond donors (Lipinski definition) is 0. The molecule has 0 radical (unpaired) electrons. The molecule has 2 rings (SSSR count). The average Bonchev–Trinajstić information content (AvgIpc) is 2.23. The van der Waals surface area contributed by atoms with E-state index in [0.29, 0.717) is 6.42 Å². The lowest BCUT2D eigenvalue weighted by Crippen LogP contribution is -2.56. The summed E-state index contributed by atoms with van der Waals surface area (Å²) in [5, 5.41) is 0. The van der Waals surface area contributed by atoms with Crippen LogP contribution in [0.2, 0.25) is 0 Å². The van der Waals surface area contributed by atoms with Crippen molar-refractivity contribution in [2.75, 3.05) is 7.11 Å². The van der Waals surface area contributed by atoms with Crippen molar-refractivity contribution in [2.24, 2.45) is 0 Å². The molecule has 1 heterocycles. The first-order valence-electron chi connectivity index (χ1n) is 5.89. The summed E-state index contributed by atoms with van der Waals surface area (Å²) in [5.41, 5.74) is 1.07. The lowest BCUT2D eigenvalue weighted by Gasteiger charge is -2.49. The highest BCUT2D eigenvalue weighted by Gasteiger charge is 2.43. The maximum atomic E-state index is 11.7. The van der Waals surface area contributed by atoms with Crippen LogP contribution in [-0.2, 0) is 4.79 Å². The molecule has 0 N–H and O–H groups in total. The molecule has 1 aromatic carbocycles. The first-order valence-corrected chi connectivity index (χ1v) is 5.89. The van der Waals surface area contributed by atoms with Crippen molar-refractivity contribution in [3.8, 4) is 5.75 Å². The Bertz CT molecular complexity index is 417. The molecule has 3 heteroatoms. The normalized spacial score (nSPS) is 20.1. The van der Waals surface area contributed by atoms with E-state index in [2.05, 4.69) is 20.8 Å². The zero-order valence-corrected chi connectivity index (χ0v) is 10.9. The van der Waals surface area contributed by atoms with Crippen LogP contribution in [0.3, 0.4) is 0 Å². The highest BCUT2D eigenvalue weighted by atomic mass is 16.5. The van der Waals surface area contributed by atoms with Crippen molar-refractivity contribution < 1.29 is 9.53 Å². The Hall–Kier alpha value is -1.51. The van der Waals surface area contributed by atoms with Crippen LogP contribution in [0.4, 0.5) is 0 Å². The van der Waals surface area contributed by atoms with Crippen molar-refractivity contribution in [1.82, 2.24) is 4.90 Å². The molecule has 0 saturated carbocycles. The number of β-lactam (4-membered cyclic amide) rings is 1. The van der Waals surface area contributed by atoms with Gasteiger partial charge in [-0.1, -0.05) is 12.1 Å². The van der Waals surface area contributed by atoms with Gasteiger partial charge in [0.05, 0.1) is 19.6 Å². The van der Waals surface area contributed by atoms with Crippen LogP contribution in [0.15, 0.2) is 24.3 Å². The molecule has 1 amide bonds. The first-order chi connectivity index (χ1) is 7.93. The number of ether oxygens (including phenoxy) is 1. The minimum absolute atomic E-state index is 0.111. The molecule has 1 aliphatic heterocycles. The minimum atomic E-state index is -0.111. The molecule has 1 fully saturated rings. The minimum Gasteiger partial charge on any atom is -0.497 e. The van der Waals surface area contributed by atoms with Crippen molar-refractivity contribution in [3.05, 3.63) is 29.8 Å². The molecule has 1 aliphatic rings. The van der Waals surface area contributed by atoms with Gasteiger partial charge in [0.2, 0.25) is 5.91 Å². The topological polar surface area (TPSA) is 29.5 Å². The molecule has 0 unspecified atom stereocenters. The van der Waals surface area contributed by atoms with Crippen LogP contribution in [0.1, 0.15) is 38.8 Å². The summed E-state index contributed by atoms with van der Waals surface area (Å²) in [6.45, 7) is 6.21. The molecule has 1 saturated heterocycles. The van der Waals surface area contributed by atoms with Gasteiger partial charge < -0.3 is 9.64 Å². The number of nitrogens with zero attached hydrogens (tertiary/aromatic N) is 1. The van der Waals surface area contributed by atoms with Crippen LogP contribution < -0.4 is 4.74 Å². The van der Waals surface area contributed by atoms with Crippen LogP contribution in [0.5, 0.6) is 5.75 Å². The zero-order chi connectivity index (χ0) is 12.6. The van der Waals surface area contributed by atoms with Gasteiger partial charge in [0.25, 0.3) is 0 Å². The van der Waals surface area contributed by atoms with E-state index >= 15 is 0 Å². The van der Waals surface area contributed by atoms with E-state index in [1.54, 1.807) is 7.11 Å². The third-order valence-electron chi connectivity index (χ3n) is 3.17. The molecule has 0 aromatic heterocycles. The Morgan fingerprint density at radius 1 is 1.24 bits per heavy atom. The quantitative estimate of drug-likeness (QED) is 0.735. The van der Waals surface area contributed by atoms with Gasteiger partial charge in [-0.25, -0.2) is 0 Å². The predicted molar refractivity (Wildman–Crippen MR) is 67.0 cm³/mol. The standard InChI is InChI=1S/C14H19NO2/c1-14(2,3)15-12(9-13(15)16)10-5-7-11(17-4)8-6-10/h5-8,12H,9H2,1-4H3/t12-/m0/s1. The summed E-state index contributed by atoms with van der Waals surface area (Å²) in [6.07, 6.45) is 0.615. The Balaban J connectivity index is 2.20. The van der Waals surface area contributed by atoms with Gasteiger partial charge in [0, 0.05) is 5.54 Å². The van der Waals surface area contributed by atoms with Crippen LogP contribution >= 0.6 is 0 Å². The smallest absolute Gasteiger partial charge is 0.225 e. The monoisotopic (exact) mass is 233 g/mol. The Labute approximate surface area is 102 Å². The Kier molecular flexibility index (Phi) is 2.86. The number of methoxy groups -OCH3 is 1. The van der Waals surface area contributed by atoms with Gasteiger partial charge >= 0.3 is 0 Å². The third-order valence-corrected chi connectivity index (χ3v) is 3.17. The Morgan fingerprint density at radius 3 is 2.24 bits per heavy atom. The SMILES string of the molecule is COc1ccc([C@@H]2CC(=O)N2C(C)(C)C)cc1. The molecular weight excluding hydrogens is 214 g/mol. The average molecular weight is 233 g/mol. The molecule has 1 atom stereocenters. The summed E-state index contributed by atoms with van der Waals surface area (Å²) in [5.74, 6) is 1.08. The maximum absolute atomic E-state index is 11.7. The lowest BCUT2D eigenvalue weighted by atomic mass is 9.88. The van der Waals surface area contributed by atoms with Crippen LogP contribution in [-0.4, -0.2) is 23.5 Å². The summed E-state index contributed by atoms with van der Waals surface area (Å²) in [6, 6.07) is 8.18. The van der Waals surface area contributed by atoms with E-state index in [9.17, 15) is 4.79 Å². The van der Waals surface area contributed by atoms with Gasteiger partial charge in [0.15, 0.2) is 0 Å². The summed E-state index contributed by atoms with van der Waals surface area (Å²) < 4.78 is 5.14. The Morgan fingerprint density at radius 2 is 1.82 bits per heavy atom. The van der Waals surface area contributed by atoms with Crippen molar-refractivity contribution in [2.45, 2.75) is 38.8 Å². The lowest BCUT2D eigenvalue weighted by molar-refractivity contribution is -0.154. The van der Waals surface area contributed by atoms with Gasteiger partial charge in [-0.3, -0.25) is 4.79 Å². The van der Waals surface area contributed by atoms with Crippen LogP contribution in [0.25, 0.3) is 0 Å². The summed E-state index contributed by atoms with van der Waals surface area (Å²) in [7, 11) is 1.66. The molecule has 92 valence electrons. The summed E-state index contributed by atoms with van der Waals surface area (Å²) in [4.78, 5) is 13.6. The van der Waals surface area contributed by atoms with Crippen molar-refractivity contribution in [3.63, 3.8) is 0 Å². The number of carbonyl (C=O) groups excluding carboxylic acids is 1. The number of likely N-dealkylation sites (tertiary alicyclic amines) is 1. The van der Waals surface area contributed by atoms with Gasteiger partial charge in [0.1, 0.15) is 5.75 Å². The van der Waals surface area contributed by atoms with Crippen molar-refractivity contribution >= 4 is 5.91 Å². The fraction of sp³-hybridized carbons (Fsp3) is 0.500. The molecule has 0 bridgehead atoms. The van der Waals surface area contributed by atoms with E-state index in [1.807, 2.05) is 29.2 Å². The van der Waals surface area contributed by atoms with Crippen LogP contribution in [0, 0.1) is 0 Å². The fourth-order valence-electron chi connectivity index (χ4n) is 2.35. The van der Waals surface area contributed by atoms with E-state index in [4.69, 9.17) is 4.74 Å². The molecule has 17 heavy (non-hydrogen) atoms. The largest absolute Gasteiger partial charge is 0.497 e. The molecule has 0 aliphatic carbocycles. The number of amides is 1. The fourth-order valence-corrected chi connectivity index (χ4v) is 2.35. The van der Waals surface area contributed by atoms with Gasteiger partial charge in [-0.2, -0.15) is 0 Å². The highest BCUT2D eigenvalue weighted by molar-refractivity contribution is 5.84. The molecular formula is C14H19NO2. The van der Waals surface area contributed by atoms with Crippen molar-refractivity contribution in [1.29, 1.82) is 0 Å². The second-order valence-electron chi connectivity index (χ2n) is 5.43. The second kappa shape index (κ2) is 4.06. The predicted octanol–water partition coefficient (Wildman–Crippen LogP) is 2.77. The zero-order valence-electron chi connectivity index (χ0n) is 10.9. The highest BCUT2D eigenvalue weighted by Crippen LogP contribution is 2.40. The van der Waals surface area contributed by atoms with Gasteiger partial charge in [-0.05, 0) is 38.5 Å². The first kappa shape index (κ1) is 12.0. The van der Waals surface area contributed by atoms with E-state index in [1.165, 1.54) is 5.56 Å². The molecule has 1 aromatic rings. The van der Waals surface area contributed by atoms with E-state index < -0.39 is 0 Å². The number of rotatable bonds is 2. The maximum Gasteiger partial charge on any atom is 0.225 e. The molecule has 0 spiro atoms. The summed E-state index contributed by atoms with van der Waals surface area (Å²) >= 11 is 0. The van der Waals surface area contributed by atoms with E-state index in [0.717, 1.165) is 5.75 Å². The van der Waals surface area contributed by atoms with Gasteiger partial charge in [-0.15, -0.1) is 0 Å². The second-order valence-corrected chi connectivity index (χ2v) is 5.43. The third kappa shape index (κ3) is 2.14. The van der Waals surface area contributed by atoms with E-state index in [-0.39, 0.29) is 17.5 Å². The number of carbonyl (C=O) groups is 1. The molecule has 3 nitrogen and oxygen atoms in total. The number of benzene rings is 1.